The number of nitrogens with zero attached hydrogens (tertiary/aromatic N) is 2. The molecule has 0 amide bonds. The molecule has 9 aromatic rings. The predicted octanol–water partition coefficient (Wildman–Crippen LogP) is 14.1. The maximum atomic E-state index is 5.23. The molecule has 2 nitrogen and oxygen atoms in total. The van der Waals surface area contributed by atoms with E-state index in [1.807, 2.05) is 11.8 Å². The van der Waals surface area contributed by atoms with Gasteiger partial charge in [-0.05, 0) is 103 Å². The van der Waals surface area contributed by atoms with Crippen LogP contribution in [0.4, 0.5) is 17.1 Å². The normalized spacial score (nSPS) is 13.9. The zero-order valence-corrected chi connectivity index (χ0v) is 30.3. The van der Waals surface area contributed by atoms with Crippen molar-refractivity contribution in [1.29, 1.82) is 0 Å². The van der Waals surface area contributed by atoms with Crippen molar-refractivity contribution in [3.63, 3.8) is 0 Å². The molecule has 0 saturated heterocycles. The second-order valence-corrected chi connectivity index (χ2v) is 15.8. The number of rotatable bonds is 3. The van der Waals surface area contributed by atoms with Crippen LogP contribution in [0.2, 0.25) is 0 Å². The van der Waals surface area contributed by atoms with E-state index in [0.717, 1.165) is 28.2 Å². The second kappa shape index (κ2) is 11.4. The molecule has 0 atom stereocenters. The summed E-state index contributed by atoms with van der Waals surface area (Å²) in [6.07, 6.45) is 0. The van der Waals surface area contributed by atoms with Gasteiger partial charge in [-0.2, -0.15) is 0 Å². The quantitative estimate of drug-likeness (QED) is 0.171. The summed E-state index contributed by atoms with van der Waals surface area (Å²) in [5.74, 6) is 0. The van der Waals surface area contributed by atoms with Crippen LogP contribution in [0.15, 0.2) is 180 Å². The van der Waals surface area contributed by atoms with Gasteiger partial charge in [0.2, 0.25) is 0 Å². The molecule has 2 aliphatic rings. The Balaban J connectivity index is 1.16. The highest BCUT2D eigenvalue weighted by molar-refractivity contribution is 7.99. The molecular weight excluding hydrogens is 661 g/mol. The van der Waals surface area contributed by atoms with Gasteiger partial charge in [-0.15, -0.1) is 0 Å². The van der Waals surface area contributed by atoms with Crippen LogP contribution in [0.3, 0.4) is 0 Å². The number of aromatic nitrogens is 1. The molecule has 250 valence electrons. The molecule has 0 saturated carbocycles. The minimum atomic E-state index is -0.198. The Hall–Kier alpha value is -6.16. The van der Waals surface area contributed by atoms with E-state index in [2.05, 4.69) is 189 Å². The third-order valence-corrected chi connectivity index (χ3v) is 12.5. The lowest BCUT2D eigenvalue weighted by Gasteiger charge is -2.34. The third kappa shape index (κ3) is 4.57. The van der Waals surface area contributed by atoms with E-state index in [-0.39, 0.29) is 5.41 Å². The zero-order chi connectivity index (χ0) is 35.3. The average Bonchev–Trinajstić information content (AvgIpc) is 3.43. The van der Waals surface area contributed by atoms with Crippen molar-refractivity contribution < 1.29 is 0 Å². The highest BCUT2D eigenvalue weighted by Crippen LogP contribution is 2.58. The summed E-state index contributed by atoms with van der Waals surface area (Å²) < 4.78 is 0. The van der Waals surface area contributed by atoms with Crippen molar-refractivity contribution in [3.05, 3.63) is 181 Å². The lowest BCUT2D eigenvalue weighted by atomic mass is 9.81. The third-order valence-electron chi connectivity index (χ3n) is 11.4. The Morgan fingerprint density at radius 2 is 0.925 bits per heavy atom. The van der Waals surface area contributed by atoms with Crippen LogP contribution >= 0.6 is 11.8 Å². The first kappa shape index (κ1) is 30.5. The van der Waals surface area contributed by atoms with Crippen molar-refractivity contribution in [2.24, 2.45) is 0 Å². The number of pyridine rings is 1. The number of benzene rings is 8. The van der Waals surface area contributed by atoms with Gasteiger partial charge in [0.1, 0.15) is 0 Å². The monoisotopic (exact) mass is 694 g/mol. The molecule has 1 aliphatic heterocycles. The molecule has 0 fully saturated rings. The van der Waals surface area contributed by atoms with Gasteiger partial charge in [-0.25, -0.2) is 4.98 Å². The van der Waals surface area contributed by atoms with E-state index in [0.29, 0.717) is 0 Å². The Morgan fingerprint density at radius 1 is 0.434 bits per heavy atom. The molecule has 8 aromatic carbocycles. The van der Waals surface area contributed by atoms with Gasteiger partial charge in [-0.3, -0.25) is 0 Å². The fraction of sp³-hybridized carbons (Fsp3) is 0.0600. The average molecular weight is 695 g/mol. The summed E-state index contributed by atoms with van der Waals surface area (Å²) in [7, 11) is 0. The van der Waals surface area contributed by atoms with Gasteiger partial charge in [0.15, 0.2) is 0 Å². The van der Waals surface area contributed by atoms with Crippen molar-refractivity contribution in [3.8, 4) is 33.6 Å². The predicted molar refractivity (Wildman–Crippen MR) is 224 cm³/mol. The van der Waals surface area contributed by atoms with Crippen LogP contribution in [0.1, 0.15) is 25.0 Å². The van der Waals surface area contributed by atoms with Gasteiger partial charge >= 0.3 is 0 Å². The van der Waals surface area contributed by atoms with Crippen molar-refractivity contribution in [1.82, 2.24) is 4.98 Å². The molecule has 0 N–H and O–H groups in total. The first-order chi connectivity index (χ1) is 26.0. The number of para-hydroxylation sites is 1. The molecule has 0 spiro atoms. The van der Waals surface area contributed by atoms with Crippen molar-refractivity contribution in [2.45, 2.75) is 29.1 Å². The Bertz CT molecular complexity index is 2890. The molecule has 3 heteroatoms. The standard InChI is InChI=1S/C50H34N2S/c1-50(2)42-28-39-37-22-12-10-20-35(37)34-19-9-11-21-36(34)38(39)27-40(42)41-29-49-47(30-43(41)50)52(46-23-13-14-24-48(46)53-49)33-25-44(31-15-5-3-6-16-31)51-45(26-33)32-17-7-4-8-18-32/h3-30H,1-2H3. The maximum absolute atomic E-state index is 5.23. The molecule has 1 aromatic heterocycles. The van der Waals surface area contributed by atoms with Crippen LogP contribution < -0.4 is 4.90 Å². The molecule has 0 unspecified atom stereocenters. The molecule has 2 heterocycles. The SMILES string of the molecule is CC1(C)c2cc3c(cc2-c2cc4c5ccccc5c5ccccc5c4cc21)Sc1ccccc1N3c1cc(-c2ccccc2)nc(-c2ccccc2)c1. The first-order valence-corrected chi connectivity index (χ1v) is 19.1. The summed E-state index contributed by atoms with van der Waals surface area (Å²) >= 11 is 1.87. The zero-order valence-electron chi connectivity index (χ0n) is 29.5. The smallest absolute Gasteiger partial charge is 0.0730 e. The molecule has 11 rings (SSSR count). The summed E-state index contributed by atoms with van der Waals surface area (Å²) in [6.45, 7) is 4.81. The minimum Gasteiger partial charge on any atom is -0.308 e. The summed E-state index contributed by atoms with van der Waals surface area (Å²) in [5.41, 5.74) is 12.8. The van der Waals surface area contributed by atoms with E-state index in [4.69, 9.17) is 4.98 Å². The second-order valence-electron chi connectivity index (χ2n) is 14.8. The first-order valence-electron chi connectivity index (χ1n) is 18.3. The van der Waals surface area contributed by atoms with Gasteiger partial charge in [0.25, 0.3) is 0 Å². The fourth-order valence-corrected chi connectivity index (χ4v) is 9.89. The van der Waals surface area contributed by atoms with Crippen LogP contribution in [0, 0.1) is 0 Å². The lowest BCUT2D eigenvalue weighted by Crippen LogP contribution is -2.19. The Kier molecular flexibility index (Phi) is 6.56. The lowest BCUT2D eigenvalue weighted by molar-refractivity contribution is 0.661. The molecule has 1 aliphatic carbocycles. The maximum Gasteiger partial charge on any atom is 0.0730 e. The number of anilines is 3. The molecular formula is C50H34N2S. The highest BCUT2D eigenvalue weighted by atomic mass is 32.2. The minimum absolute atomic E-state index is 0.198. The summed E-state index contributed by atoms with van der Waals surface area (Å²) in [5, 5.41) is 7.88. The molecule has 0 bridgehead atoms. The Labute approximate surface area is 313 Å². The van der Waals surface area contributed by atoms with Crippen LogP contribution in [0.5, 0.6) is 0 Å². The fourth-order valence-electron chi connectivity index (χ4n) is 8.81. The highest BCUT2D eigenvalue weighted by Gasteiger charge is 2.39. The van der Waals surface area contributed by atoms with Crippen molar-refractivity contribution in [2.75, 3.05) is 4.90 Å². The van der Waals surface area contributed by atoms with Gasteiger partial charge < -0.3 is 4.90 Å². The Morgan fingerprint density at radius 3 is 1.55 bits per heavy atom. The topological polar surface area (TPSA) is 16.1 Å². The van der Waals surface area contributed by atoms with E-state index >= 15 is 0 Å². The van der Waals surface area contributed by atoms with E-state index in [9.17, 15) is 0 Å². The van der Waals surface area contributed by atoms with Crippen LogP contribution in [-0.2, 0) is 5.41 Å². The van der Waals surface area contributed by atoms with E-state index in [1.54, 1.807) is 0 Å². The van der Waals surface area contributed by atoms with Crippen molar-refractivity contribution >= 4 is 61.1 Å². The summed E-state index contributed by atoms with van der Waals surface area (Å²) in [4.78, 5) is 10.2. The van der Waals surface area contributed by atoms with Gasteiger partial charge in [-0.1, -0.05) is 147 Å². The number of fused-ring (bicyclic) bond motifs is 11. The van der Waals surface area contributed by atoms with Crippen LogP contribution in [-0.4, -0.2) is 4.98 Å². The number of hydrogen-bond acceptors (Lipinski definition) is 3. The van der Waals surface area contributed by atoms with Gasteiger partial charge in [0, 0.05) is 26.3 Å². The van der Waals surface area contributed by atoms with E-state index < -0.39 is 0 Å². The van der Waals surface area contributed by atoms with Gasteiger partial charge in [0.05, 0.1) is 28.5 Å². The summed E-state index contributed by atoms with van der Waals surface area (Å²) in [6, 6.07) is 62.1. The molecule has 53 heavy (non-hydrogen) atoms. The number of hydrogen-bond donors (Lipinski definition) is 0. The largest absolute Gasteiger partial charge is 0.308 e. The van der Waals surface area contributed by atoms with E-state index in [1.165, 1.54) is 75.7 Å². The molecule has 0 radical (unpaired) electrons. The van der Waals surface area contributed by atoms with Crippen LogP contribution in [0.25, 0.3) is 66.0 Å².